The fraction of sp³-hybridized carbons (Fsp3) is 0.576. The number of aliphatic hydroxyl groups excluding tert-OH is 5. The fourth-order valence-electron chi connectivity index (χ4n) is 6.24. The first-order valence-corrected chi connectivity index (χ1v) is 16.4. The summed E-state index contributed by atoms with van der Waals surface area (Å²) in [6, 6.07) is 12.4. The summed E-state index contributed by atoms with van der Waals surface area (Å²) in [7, 11) is 1.45. The first kappa shape index (κ1) is 33.9. The molecule has 246 valence electrons. The van der Waals surface area contributed by atoms with Crippen molar-refractivity contribution in [1.29, 1.82) is 0 Å². The quantitative estimate of drug-likeness (QED) is 0.207. The van der Waals surface area contributed by atoms with Crippen molar-refractivity contribution < 1.29 is 35.1 Å². The SMILES string of the molecule is CN(C[C@H](O)[C@@H](O)[C@@H](O)[C@H](O)CO)C(=O)CCc1cc(Cl)c(CCC2(C(=O)N3CCN(C4CC4)c4ccccc43)CC2)cc1Cl. The highest BCUT2D eigenvalue weighted by Crippen LogP contribution is 2.53. The molecule has 2 amide bonds. The van der Waals surface area contributed by atoms with Crippen molar-refractivity contribution >= 4 is 46.4 Å². The normalized spacial score (nSPS) is 19.8. The van der Waals surface area contributed by atoms with Crippen LogP contribution in [0.25, 0.3) is 0 Å². The van der Waals surface area contributed by atoms with Gasteiger partial charge in [0.05, 0.1) is 23.4 Å². The van der Waals surface area contributed by atoms with Crippen LogP contribution in [0.4, 0.5) is 11.4 Å². The number of anilines is 2. The molecule has 0 spiro atoms. The van der Waals surface area contributed by atoms with Gasteiger partial charge in [0.15, 0.2) is 0 Å². The molecule has 2 aliphatic carbocycles. The van der Waals surface area contributed by atoms with Gasteiger partial charge in [0.25, 0.3) is 0 Å². The van der Waals surface area contributed by atoms with E-state index < -0.39 is 36.4 Å². The van der Waals surface area contributed by atoms with E-state index >= 15 is 0 Å². The lowest BCUT2D eigenvalue weighted by Crippen LogP contribution is -2.50. The predicted octanol–water partition coefficient (Wildman–Crippen LogP) is 2.55. The van der Waals surface area contributed by atoms with Gasteiger partial charge in [0, 0.05) is 49.2 Å². The van der Waals surface area contributed by atoms with E-state index in [1.165, 1.54) is 24.8 Å². The summed E-state index contributed by atoms with van der Waals surface area (Å²) in [5, 5.41) is 49.4. The Kier molecular flexibility index (Phi) is 10.6. The standard InChI is InChI=1S/C33H43Cl2N3O7/c1-36(18-27(40)30(43)31(44)28(41)19-39)29(42)9-6-20-16-24(35)21(17-23(20)34)10-11-33(12-13-33)32(45)38-15-14-37(22-7-8-22)25-4-2-3-5-26(25)38/h2-5,16-17,22,27-28,30-31,39-41,43-44H,6-15,18-19H2,1H3/t27-,28+,30+,31-/m0/s1. The Morgan fingerprint density at radius 1 is 0.933 bits per heavy atom. The minimum absolute atomic E-state index is 0.0592. The molecular weight excluding hydrogens is 621 g/mol. The van der Waals surface area contributed by atoms with Gasteiger partial charge in [-0.05, 0) is 80.3 Å². The van der Waals surface area contributed by atoms with Crippen LogP contribution in [0.2, 0.25) is 10.0 Å². The van der Waals surface area contributed by atoms with Crippen molar-refractivity contribution in [1.82, 2.24) is 4.90 Å². The Hall–Kier alpha value is -2.44. The van der Waals surface area contributed by atoms with Crippen molar-refractivity contribution in [2.75, 3.05) is 43.1 Å². The lowest BCUT2D eigenvalue weighted by atomic mass is 9.93. The number of benzene rings is 2. The number of aryl methyl sites for hydroxylation is 2. The van der Waals surface area contributed by atoms with Gasteiger partial charge in [-0.1, -0.05) is 35.3 Å². The van der Waals surface area contributed by atoms with E-state index in [1.807, 2.05) is 23.1 Å². The molecular formula is C33H43Cl2N3O7. The van der Waals surface area contributed by atoms with E-state index in [0.29, 0.717) is 47.5 Å². The number of hydrogen-bond donors (Lipinski definition) is 5. The zero-order valence-corrected chi connectivity index (χ0v) is 27.0. The van der Waals surface area contributed by atoms with Crippen LogP contribution in [0.3, 0.4) is 0 Å². The lowest BCUT2D eigenvalue weighted by molar-refractivity contribution is -0.137. The second-order valence-electron chi connectivity index (χ2n) is 12.8. The van der Waals surface area contributed by atoms with Crippen LogP contribution in [-0.4, -0.2) is 106 Å². The number of amides is 2. The van der Waals surface area contributed by atoms with Crippen LogP contribution >= 0.6 is 23.2 Å². The first-order chi connectivity index (χ1) is 21.5. The molecule has 0 unspecified atom stereocenters. The summed E-state index contributed by atoms with van der Waals surface area (Å²) in [5.74, 6) is -0.146. The van der Waals surface area contributed by atoms with Gasteiger partial charge in [-0.15, -0.1) is 0 Å². The number of aliphatic hydroxyl groups is 5. The molecule has 0 saturated heterocycles. The van der Waals surface area contributed by atoms with Crippen LogP contribution in [0.15, 0.2) is 36.4 Å². The molecule has 0 radical (unpaired) electrons. The zero-order valence-electron chi connectivity index (χ0n) is 25.5. The van der Waals surface area contributed by atoms with E-state index in [4.69, 9.17) is 28.3 Å². The Morgan fingerprint density at radius 3 is 2.13 bits per heavy atom. The Labute approximate surface area is 273 Å². The molecule has 2 fully saturated rings. The molecule has 2 saturated carbocycles. The minimum atomic E-state index is -1.76. The molecule has 2 aromatic rings. The number of rotatable bonds is 14. The minimum Gasteiger partial charge on any atom is -0.394 e. The van der Waals surface area contributed by atoms with E-state index in [0.717, 1.165) is 36.3 Å². The molecule has 10 nitrogen and oxygen atoms in total. The topological polar surface area (TPSA) is 145 Å². The summed E-state index contributed by atoms with van der Waals surface area (Å²) in [4.78, 5) is 32.2. The summed E-state index contributed by atoms with van der Waals surface area (Å²) in [6.45, 7) is 0.474. The number of nitrogens with zero attached hydrogens (tertiary/aromatic N) is 3. The molecule has 5 rings (SSSR count). The van der Waals surface area contributed by atoms with Gasteiger partial charge in [-0.25, -0.2) is 0 Å². The van der Waals surface area contributed by atoms with Crippen molar-refractivity contribution in [2.24, 2.45) is 5.41 Å². The molecule has 12 heteroatoms. The monoisotopic (exact) mass is 663 g/mol. The molecule has 3 aliphatic rings. The molecule has 0 bridgehead atoms. The molecule has 0 aromatic heterocycles. The third-order valence-corrected chi connectivity index (χ3v) is 10.2. The number of carbonyl (C=O) groups excluding carboxylic acids is 2. The third kappa shape index (κ3) is 7.59. The third-order valence-electron chi connectivity index (χ3n) is 9.50. The summed E-state index contributed by atoms with van der Waals surface area (Å²) in [6.07, 6.45) is -0.913. The largest absolute Gasteiger partial charge is 0.394 e. The number of fused-ring (bicyclic) bond motifs is 1. The highest BCUT2D eigenvalue weighted by atomic mass is 35.5. The van der Waals surface area contributed by atoms with Gasteiger partial charge in [-0.2, -0.15) is 0 Å². The molecule has 45 heavy (non-hydrogen) atoms. The van der Waals surface area contributed by atoms with E-state index in [1.54, 1.807) is 6.07 Å². The highest BCUT2D eigenvalue weighted by molar-refractivity contribution is 6.34. The Balaban J connectivity index is 1.15. The van der Waals surface area contributed by atoms with Gasteiger partial charge in [-0.3, -0.25) is 9.59 Å². The summed E-state index contributed by atoms with van der Waals surface area (Å²) in [5.41, 5.74) is 3.30. The van der Waals surface area contributed by atoms with Gasteiger partial charge in [0.2, 0.25) is 11.8 Å². The van der Waals surface area contributed by atoms with Gasteiger partial charge in [0.1, 0.15) is 24.4 Å². The van der Waals surface area contributed by atoms with Crippen LogP contribution in [0.5, 0.6) is 0 Å². The number of para-hydroxylation sites is 2. The maximum Gasteiger partial charge on any atom is 0.233 e. The number of halogens is 2. The molecule has 4 atom stereocenters. The van der Waals surface area contributed by atoms with Gasteiger partial charge >= 0.3 is 0 Å². The van der Waals surface area contributed by atoms with Crippen molar-refractivity contribution in [3.8, 4) is 0 Å². The van der Waals surface area contributed by atoms with Gasteiger partial charge < -0.3 is 40.2 Å². The smallest absolute Gasteiger partial charge is 0.233 e. The highest BCUT2D eigenvalue weighted by Gasteiger charge is 2.52. The number of hydrogen-bond acceptors (Lipinski definition) is 8. The second kappa shape index (κ2) is 14.1. The molecule has 1 aliphatic heterocycles. The summed E-state index contributed by atoms with van der Waals surface area (Å²) >= 11 is 13.3. The fourth-order valence-corrected chi connectivity index (χ4v) is 6.80. The number of carbonyl (C=O) groups is 2. The Bertz CT molecular complexity index is 1390. The average Bonchev–Trinajstić information content (AvgIpc) is 3.98. The second-order valence-corrected chi connectivity index (χ2v) is 13.6. The van der Waals surface area contributed by atoms with Crippen LogP contribution in [-0.2, 0) is 22.4 Å². The molecule has 1 heterocycles. The maximum absolute atomic E-state index is 13.9. The Morgan fingerprint density at radius 2 is 1.53 bits per heavy atom. The predicted molar refractivity (Wildman–Crippen MR) is 173 cm³/mol. The van der Waals surface area contributed by atoms with E-state index in [9.17, 15) is 30.0 Å². The van der Waals surface area contributed by atoms with Crippen LogP contribution in [0, 0.1) is 5.41 Å². The zero-order chi connectivity index (χ0) is 32.5. The van der Waals surface area contributed by atoms with Crippen LogP contribution < -0.4 is 9.80 Å². The van der Waals surface area contributed by atoms with Crippen molar-refractivity contribution in [3.63, 3.8) is 0 Å². The number of likely N-dealkylation sites (N-methyl/N-ethyl adjacent to an activating group) is 1. The van der Waals surface area contributed by atoms with Crippen molar-refractivity contribution in [3.05, 3.63) is 57.6 Å². The van der Waals surface area contributed by atoms with E-state index in [-0.39, 0.29) is 24.8 Å². The summed E-state index contributed by atoms with van der Waals surface area (Å²) < 4.78 is 0. The van der Waals surface area contributed by atoms with Crippen LogP contribution in [0.1, 0.15) is 49.7 Å². The molecule has 2 aromatic carbocycles. The van der Waals surface area contributed by atoms with Crippen molar-refractivity contribution in [2.45, 2.75) is 81.8 Å². The first-order valence-electron chi connectivity index (χ1n) is 15.7. The molecule has 5 N–H and O–H groups in total. The average molecular weight is 665 g/mol. The maximum atomic E-state index is 13.9. The van der Waals surface area contributed by atoms with E-state index in [2.05, 4.69) is 17.0 Å². The lowest BCUT2D eigenvalue weighted by Gasteiger charge is -2.39.